The fourth-order valence-corrected chi connectivity index (χ4v) is 1.37. The van der Waals surface area contributed by atoms with Crippen LogP contribution < -0.4 is 0 Å². The van der Waals surface area contributed by atoms with Crippen LogP contribution in [0.2, 0.25) is 0 Å². The van der Waals surface area contributed by atoms with Crippen LogP contribution in [-0.4, -0.2) is 11.3 Å². The Morgan fingerprint density at radius 3 is 2.00 bits per heavy atom. The lowest BCUT2D eigenvalue weighted by molar-refractivity contribution is -0.245. The highest BCUT2D eigenvalue weighted by atomic mass is 79.9. The van der Waals surface area contributed by atoms with Gasteiger partial charge in [0.1, 0.15) is 0 Å². The summed E-state index contributed by atoms with van der Waals surface area (Å²) in [5.41, 5.74) is -3.25. The Morgan fingerprint density at radius 1 is 1.20 bits per heavy atom. The number of hydrogen-bond donors (Lipinski definition) is 1. The molecule has 0 spiro atoms. The van der Waals surface area contributed by atoms with Gasteiger partial charge in [-0.3, -0.25) is 0 Å². The van der Waals surface area contributed by atoms with Crippen LogP contribution in [0.25, 0.3) is 0 Å². The molecule has 1 nitrogen and oxygen atoms in total. The Balaban J connectivity index is 3.24. The molecule has 5 heteroatoms. The Kier molecular flexibility index (Phi) is 3.25. The van der Waals surface area contributed by atoms with Crippen molar-refractivity contribution < 1.29 is 18.3 Å². The molecule has 82 valence electrons. The smallest absolute Gasteiger partial charge is 0.373 e. The zero-order chi connectivity index (χ0) is 11.7. The van der Waals surface area contributed by atoms with Crippen molar-refractivity contribution in [2.75, 3.05) is 0 Å². The summed E-state index contributed by atoms with van der Waals surface area (Å²) in [4.78, 5) is 0. The molecular weight excluding hydrogens is 273 g/mol. The number of rotatable bonds is 2. The number of benzene rings is 1. The van der Waals surface area contributed by atoms with Gasteiger partial charge in [0.2, 0.25) is 5.60 Å². The molecule has 0 aromatic heterocycles. The van der Waals surface area contributed by atoms with E-state index < -0.39 is 11.8 Å². The standard InChI is InChI=1S/C10H8BrF3O/c1-2-9(15,10(12,13)14)7-3-5-8(11)6-4-7/h2-6,15H,1H2/t9-/m0/s1. The maximum absolute atomic E-state index is 12.6. The van der Waals surface area contributed by atoms with Crippen LogP contribution >= 0.6 is 15.9 Å². The minimum absolute atomic E-state index is 0.256. The van der Waals surface area contributed by atoms with Crippen molar-refractivity contribution in [3.05, 3.63) is 47.0 Å². The number of alkyl halides is 3. The van der Waals surface area contributed by atoms with Crippen LogP contribution in [0.4, 0.5) is 13.2 Å². The SMILES string of the molecule is C=C[C@](O)(c1ccc(Br)cc1)C(F)(F)F. The average Bonchev–Trinajstić information content (AvgIpc) is 2.16. The highest BCUT2D eigenvalue weighted by Gasteiger charge is 2.52. The van der Waals surface area contributed by atoms with Crippen LogP contribution in [0.5, 0.6) is 0 Å². The number of halogens is 4. The van der Waals surface area contributed by atoms with E-state index in [1.54, 1.807) is 0 Å². The third kappa shape index (κ3) is 2.23. The quantitative estimate of drug-likeness (QED) is 0.824. The molecule has 1 aromatic rings. The summed E-state index contributed by atoms with van der Waals surface area (Å²) < 4.78 is 38.3. The number of hydrogen-bond acceptors (Lipinski definition) is 1. The third-order valence-corrected chi connectivity index (χ3v) is 2.54. The summed E-state index contributed by atoms with van der Waals surface area (Å²) in [6.07, 6.45) is -4.29. The van der Waals surface area contributed by atoms with Crippen molar-refractivity contribution in [3.8, 4) is 0 Å². The Hall–Kier alpha value is -0.810. The Labute approximate surface area is 93.4 Å². The van der Waals surface area contributed by atoms with Crippen molar-refractivity contribution in [2.45, 2.75) is 11.8 Å². The Morgan fingerprint density at radius 2 is 1.67 bits per heavy atom. The fraction of sp³-hybridized carbons (Fsp3) is 0.200. The molecule has 1 atom stereocenters. The van der Waals surface area contributed by atoms with Gasteiger partial charge in [-0.1, -0.05) is 34.6 Å². The second kappa shape index (κ2) is 3.98. The largest absolute Gasteiger partial charge is 0.425 e. The van der Waals surface area contributed by atoms with Crippen molar-refractivity contribution >= 4 is 15.9 Å². The zero-order valence-electron chi connectivity index (χ0n) is 7.55. The summed E-state index contributed by atoms with van der Waals surface area (Å²) in [7, 11) is 0. The molecule has 15 heavy (non-hydrogen) atoms. The molecule has 0 radical (unpaired) electrons. The van der Waals surface area contributed by atoms with Crippen LogP contribution in [0.1, 0.15) is 5.56 Å². The van der Waals surface area contributed by atoms with Crippen molar-refractivity contribution in [1.29, 1.82) is 0 Å². The lowest BCUT2D eigenvalue weighted by Crippen LogP contribution is -2.40. The van der Waals surface area contributed by atoms with Gasteiger partial charge in [-0.25, -0.2) is 0 Å². The Bertz CT molecular complexity index is 358. The van der Waals surface area contributed by atoms with Gasteiger partial charge < -0.3 is 5.11 Å². The van der Waals surface area contributed by atoms with Crippen molar-refractivity contribution in [1.82, 2.24) is 0 Å². The second-order valence-electron chi connectivity index (χ2n) is 2.98. The van der Waals surface area contributed by atoms with Gasteiger partial charge in [0, 0.05) is 4.47 Å². The summed E-state index contributed by atoms with van der Waals surface area (Å²) in [6.45, 7) is 3.02. The fourth-order valence-electron chi connectivity index (χ4n) is 1.10. The van der Waals surface area contributed by atoms with Gasteiger partial charge in [0.05, 0.1) is 0 Å². The van der Waals surface area contributed by atoms with Crippen LogP contribution in [0.3, 0.4) is 0 Å². The highest BCUT2D eigenvalue weighted by Crippen LogP contribution is 2.39. The molecule has 0 heterocycles. The first-order chi connectivity index (χ1) is 6.81. The van der Waals surface area contributed by atoms with E-state index in [9.17, 15) is 18.3 Å². The lowest BCUT2D eigenvalue weighted by Gasteiger charge is -2.27. The molecule has 0 aliphatic rings. The molecule has 1 N–H and O–H groups in total. The minimum atomic E-state index is -4.78. The first-order valence-electron chi connectivity index (χ1n) is 4.00. The van der Waals surface area contributed by atoms with E-state index in [4.69, 9.17) is 0 Å². The monoisotopic (exact) mass is 280 g/mol. The van der Waals surface area contributed by atoms with Gasteiger partial charge in [0.25, 0.3) is 0 Å². The summed E-state index contributed by atoms with van der Waals surface area (Å²) in [5.74, 6) is 0. The molecule has 1 aromatic carbocycles. The summed E-state index contributed by atoms with van der Waals surface area (Å²) in [6, 6.07) is 5.24. The first kappa shape index (κ1) is 12.3. The molecule has 1 rings (SSSR count). The van der Waals surface area contributed by atoms with Gasteiger partial charge in [0.15, 0.2) is 0 Å². The van der Waals surface area contributed by atoms with E-state index in [1.807, 2.05) is 0 Å². The maximum Gasteiger partial charge on any atom is 0.425 e. The molecule has 0 saturated carbocycles. The second-order valence-corrected chi connectivity index (χ2v) is 3.89. The van der Waals surface area contributed by atoms with Crippen molar-refractivity contribution in [2.24, 2.45) is 0 Å². The summed E-state index contributed by atoms with van der Waals surface area (Å²) >= 11 is 3.10. The molecule has 0 amide bonds. The van der Waals surface area contributed by atoms with Gasteiger partial charge >= 0.3 is 6.18 Å². The lowest BCUT2D eigenvalue weighted by atomic mass is 9.93. The van der Waals surface area contributed by atoms with Gasteiger partial charge in [-0.05, 0) is 23.8 Å². The average molecular weight is 281 g/mol. The third-order valence-electron chi connectivity index (χ3n) is 2.01. The van der Waals surface area contributed by atoms with E-state index >= 15 is 0 Å². The topological polar surface area (TPSA) is 20.2 Å². The first-order valence-corrected chi connectivity index (χ1v) is 4.79. The minimum Gasteiger partial charge on any atom is -0.373 e. The molecule has 0 aliphatic heterocycles. The molecule has 0 unspecified atom stereocenters. The molecule has 0 fully saturated rings. The van der Waals surface area contributed by atoms with Crippen molar-refractivity contribution in [3.63, 3.8) is 0 Å². The molecule has 0 bridgehead atoms. The van der Waals surface area contributed by atoms with E-state index in [-0.39, 0.29) is 5.56 Å². The predicted octanol–water partition coefficient (Wildman–Crippen LogP) is 3.39. The molecular formula is C10H8BrF3O. The predicted molar refractivity (Wildman–Crippen MR) is 54.3 cm³/mol. The highest BCUT2D eigenvalue weighted by molar-refractivity contribution is 9.10. The van der Waals surface area contributed by atoms with E-state index in [0.29, 0.717) is 10.5 Å². The zero-order valence-corrected chi connectivity index (χ0v) is 9.14. The van der Waals surface area contributed by atoms with Gasteiger partial charge in [-0.15, -0.1) is 0 Å². The molecule has 0 saturated heterocycles. The maximum atomic E-state index is 12.6. The van der Waals surface area contributed by atoms with E-state index in [2.05, 4.69) is 22.5 Å². The number of aliphatic hydroxyl groups is 1. The summed E-state index contributed by atoms with van der Waals surface area (Å²) in [5, 5.41) is 9.46. The van der Waals surface area contributed by atoms with Crippen LogP contribution in [0, 0.1) is 0 Å². The van der Waals surface area contributed by atoms with Crippen LogP contribution in [-0.2, 0) is 5.60 Å². The van der Waals surface area contributed by atoms with Crippen LogP contribution in [0.15, 0.2) is 41.4 Å². The van der Waals surface area contributed by atoms with Gasteiger partial charge in [-0.2, -0.15) is 13.2 Å². The normalized spacial score (nSPS) is 15.8. The van der Waals surface area contributed by atoms with E-state index in [1.165, 1.54) is 24.3 Å². The van der Waals surface area contributed by atoms with E-state index in [0.717, 1.165) is 0 Å². The molecule has 0 aliphatic carbocycles.